The highest BCUT2D eigenvalue weighted by Crippen LogP contribution is 2.31. The van der Waals surface area contributed by atoms with E-state index in [2.05, 4.69) is 0 Å². The SMILES string of the molecule is COC(=O)C(SC)C1C=CC(C(C)=O)=C(F)N1Cc1ccccc1. The molecular formula is C18H20FNO3S. The van der Waals surface area contributed by atoms with Gasteiger partial charge in [-0.25, -0.2) is 0 Å². The third kappa shape index (κ3) is 3.87. The number of ether oxygens (including phenoxy) is 1. The van der Waals surface area contributed by atoms with Gasteiger partial charge in [-0.15, -0.1) is 11.8 Å². The van der Waals surface area contributed by atoms with Gasteiger partial charge in [0, 0.05) is 6.54 Å². The van der Waals surface area contributed by atoms with Crippen LogP contribution in [0.25, 0.3) is 0 Å². The van der Waals surface area contributed by atoms with Crippen LogP contribution in [0.2, 0.25) is 0 Å². The number of allylic oxidation sites excluding steroid dienone is 2. The van der Waals surface area contributed by atoms with Crippen molar-refractivity contribution in [3.63, 3.8) is 0 Å². The van der Waals surface area contributed by atoms with Crippen LogP contribution < -0.4 is 0 Å². The number of hydrogen-bond acceptors (Lipinski definition) is 5. The maximum Gasteiger partial charge on any atom is 0.321 e. The zero-order chi connectivity index (χ0) is 17.7. The van der Waals surface area contributed by atoms with Crippen LogP contribution in [0.5, 0.6) is 0 Å². The van der Waals surface area contributed by atoms with E-state index in [4.69, 9.17) is 4.74 Å². The first-order valence-corrected chi connectivity index (χ1v) is 8.78. The second kappa shape index (κ2) is 8.15. The van der Waals surface area contributed by atoms with Crippen LogP contribution in [-0.4, -0.2) is 41.3 Å². The highest BCUT2D eigenvalue weighted by molar-refractivity contribution is 8.00. The van der Waals surface area contributed by atoms with Crippen LogP contribution in [0, 0.1) is 0 Å². The fraction of sp³-hybridized carbons (Fsp3) is 0.333. The fourth-order valence-electron chi connectivity index (χ4n) is 2.63. The van der Waals surface area contributed by atoms with Gasteiger partial charge in [-0.3, -0.25) is 9.59 Å². The van der Waals surface area contributed by atoms with E-state index in [-0.39, 0.29) is 17.9 Å². The minimum atomic E-state index is -0.609. The summed E-state index contributed by atoms with van der Waals surface area (Å²) in [5, 5.41) is -0.589. The number of ketones is 1. The van der Waals surface area contributed by atoms with Crippen LogP contribution in [0.15, 0.2) is 54.0 Å². The summed E-state index contributed by atoms with van der Waals surface area (Å²) in [6, 6.07) is 8.83. The van der Waals surface area contributed by atoms with E-state index in [1.54, 1.807) is 12.3 Å². The zero-order valence-corrected chi connectivity index (χ0v) is 14.7. The summed E-state index contributed by atoms with van der Waals surface area (Å²) < 4.78 is 19.8. The Labute approximate surface area is 145 Å². The Morgan fingerprint density at radius 3 is 2.54 bits per heavy atom. The summed E-state index contributed by atoms with van der Waals surface area (Å²) >= 11 is 1.29. The number of carbonyl (C=O) groups is 2. The van der Waals surface area contributed by atoms with E-state index < -0.39 is 23.2 Å². The van der Waals surface area contributed by atoms with Crippen molar-refractivity contribution in [1.29, 1.82) is 0 Å². The maximum absolute atomic E-state index is 14.9. The molecule has 0 aromatic heterocycles. The van der Waals surface area contributed by atoms with Gasteiger partial charge >= 0.3 is 5.97 Å². The molecule has 0 bridgehead atoms. The molecule has 1 heterocycles. The molecule has 1 aliphatic heterocycles. The molecule has 0 saturated heterocycles. The second-order valence-electron chi connectivity index (χ2n) is 5.40. The van der Waals surface area contributed by atoms with Crippen molar-refractivity contribution in [2.24, 2.45) is 0 Å². The molecule has 1 aromatic carbocycles. The largest absolute Gasteiger partial charge is 0.468 e. The van der Waals surface area contributed by atoms with Crippen LogP contribution in [0.3, 0.4) is 0 Å². The summed E-state index contributed by atoms with van der Waals surface area (Å²) in [5.74, 6) is -1.38. The summed E-state index contributed by atoms with van der Waals surface area (Å²) in [6.45, 7) is 1.58. The number of Topliss-reactive ketones (excluding diaryl/α,β-unsaturated/α-hetero) is 1. The van der Waals surface area contributed by atoms with E-state index in [9.17, 15) is 14.0 Å². The number of carbonyl (C=O) groups excluding carboxylic acids is 2. The van der Waals surface area contributed by atoms with Crippen LogP contribution in [0.4, 0.5) is 4.39 Å². The van der Waals surface area contributed by atoms with Gasteiger partial charge in [-0.05, 0) is 24.8 Å². The molecule has 1 aliphatic rings. The standard InChI is InChI=1S/C18H20FNO3S/c1-12(21)14-9-10-15(16(24-3)18(22)23-2)20(17(14)19)11-13-7-5-4-6-8-13/h4-10,15-16H,11H2,1-3H3. The Bertz CT molecular complexity index is 672. The van der Waals surface area contributed by atoms with Crippen LogP contribution in [-0.2, 0) is 20.9 Å². The molecule has 4 nitrogen and oxygen atoms in total. The molecule has 0 aliphatic carbocycles. The number of esters is 1. The van der Waals surface area contributed by atoms with Crippen molar-refractivity contribution in [1.82, 2.24) is 4.90 Å². The smallest absolute Gasteiger partial charge is 0.321 e. The first kappa shape index (κ1) is 18.3. The zero-order valence-electron chi connectivity index (χ0n) is 13.9. The normalized spacial score (nSPS) is 18.5. The number of hydrogen-bond donors (Lipinski definition) is 0. The highest BCUT2D eigenvalue weighted by atomic mass is 32.2. The topological polar surface area (TPSA) is 46.6 Å². The second-order valence-corrected chi connectivity index (χ2v) is 6.38. The number of thioether (sulfide) groups is 1. The Hall–Kier alpha value is -2.08. The molecule has 0 amide bonds. The lowest BCUT2D eigenvalue weighted by Gasteiger charge is -2.36. The molecule has 0 spiro atoms. The van der Waals surface area contributed by atoms with E-state index in [0.717, 1.165) is 5.56 Å². The number of rotatable bonds is 6. The van der Waals surface area contributed by atoms with Crippen molar-refractivity contribution in [2.75, 3.05) is 13.4 Å². The summed E-state index contributed by atoms with van der Waals surface area (Å²) in [6.07, 6.45) is 4.93. The molecule has 0 fully saturated rings. The summed E-state index contributed by atoms with van der Waals surface area (Å²) in [5.41, 5.74) is 0.910. The molecule has 0 N–H and O–H groups in total. The third-order valence-electron chi connectivity index (χ3n) is 3.87. The van der Waals surface area contributed by atoms with Crippen molar-refractivity contribution >= 4 is 23.5 Å². The summed E-state index contributed by atoms with van der Waals surface area (Å²) in [7, 11) is 1.31. The minimum Gasteiger partial charge on any atom is -0.468 e. The van der Waals surface area contributed by atoms with Crippen molar-refractivity contribution in [3.8, 4) is 0 Å². The average molecular weight is 349 g/mol. The van der Waals surface area contributed by atoms with E-state index in [1.807, 2.05) is 30.3 Å². The van der Waals surface area contributed by atoms with E-state index in [0.29, 0.717) is 0 Å². The van der Waals surface area contributed by atoms with E-state index in [1.165, 1.54) is 36.8 Å². The lowest BCUT2D eigenvalue weighted by molar-refractivity contribution is -0.140. The molecule has 0 radical (unpaired) electrons. The van der Waals surface area contributed by atoms with Gasteiger partial charge in [0.15, 0.2) is 5.78 Å². The number of halogens is 1. The fourth-order valence-corrected chi connectivity index (χ4v) is 3.43. The number of methoxy groups -OCH3 is 1. The Morgan fingerprint density at radius 2 is 2.00 bits per heavy atom. The minimum absolute atomic E-state index is 0.0203. The molecule has 6 heteroatoms. The van der Waals surface area contributed by atoms with Crippen LogP contribution in [0.1, 0.15) is 12.5 Å². The quantitative estimate of drug-likeness (QED) is 0.583. The maximum atomic E-state index is 14.9. The first-order chi connectivity index (χ1) is 11.5. The van der Waals surface area contributed by atoms with Gasteiger partial charge in [0.2, 0.25) is 5.95 Å². The molecule has 24 heavy (non-hydrogen) atoms. The van der Waals surface area contributed by atoms with Gasteiger partial charge in [0.05, 0.1) is 18.7 Å². The lowest BCUT2D eigenvalue weighted by atomic mass is 10.0. The molecule has 2 unspecified atom stereocenters. The first-order valence-electron chi connectivity index (χ1n) is 7.49. The predicted octanol–water partition coefficient (Wildman–Crippen LogP) is 3.10. The third-order valence-corrected chi connectivity index (χ3v) is 4.85. The monoisotopic (exact) mass is 349 g/mol. The van der Waals surface area contributed by atoms with Gasteiger partial charge in [-0.2, -0.15) is 4.39 Å². The molecule has 2 rings (SSSR count). The number of nitrogens with zero attached hydrogens (tertiary/aromatic N) is 1. The summed E-state index contributed by atoms with van der Waals surface area (Å²) in [4.78, 5) is 25.2. The highest BCUT2D eigenvalue weighted by Gasteiger charge is 2.36. The Kier molecular flexibility index (Phi) is 6.20. The van der Waals surface area contributed by atoms with Crippen molar-refractivity contribution < 1.29 is 18.7 Å². The van der Waals surface area contributed by atoms with Crippen molar-refractivity contribution in [3.05, 3.63) is 59.6 Å². The van der Waals surface area contributed by atoms with Gasteiger partial charge in [0.1, 0.15) is 5.25 Å². The molecule has 0 saturated carbocycles. The molecule has 2 atom stereocenters. The Balaban J connectivity index is 2.40. The molecule has 128 valence electrons. The van der Waals surface area contributed by atoms with Gasteiger partial charge in [0.25, 0.3) is 0 Å². The van der Waals surface area contributed by atoms with Gasteiger partial charge < -0.3 is 9.64 Å². The molecule has 1 aromatic rings. The average Bonchev–Trinajstić information content (AvgIpc) is 2.58. The van der Waals surface area contributed by atoms with Gasteiger partial charge in [-0.1, -0.05) is 36.4 Å². The van der Waals surface area contributed by atoms with Crippen molar-refractivity contribution in [2.45, 2.75) is 24.8 Å². The number of benzene rings is 1. The lowest BCUT2D eigenvalue weighted by Crippen LogP contribution is -2.45. The predicted molar refractivity (Wildman–Crippen MR) is 93.0 cm³/mol. The Morgan fingerprint density at radius 1 is 1.33 bits per heavy atom. The van der Waals surface area contributed by atoms with Crippen LogP contribution >= 0.6 is 11.8 Å². The van der Waals surface area contributed by atoms with E-state index >= 15 is 0 Å². The molecular weight excluding hydrogens is 329 g/mol.